The number of hydrogen-bond acceptors (Lipinski definition) is 3. The third-order valence-corrected chi connectivity index (χ3v) is 5.08. The summed E-state index contributed by atoms with van der Waals surface area (Å²) < 4.78 is 28.3. The van der Waals surface area contributed by atoms with Gasteiger partial charge in [-0.1, -0.05) is 11.3 Å². The van der Waals surface area contributed by atoms with Crippen LogP contribution in [0.1, 0.15) is 40.3 Å². The fraction of sp³-hybridized carbons (Fsp3) is 0.250. The standard InChI is InChI=1S/C20H18F2N4O/c1-12-18-11-16(22)4-3-14(18)9-10-25(12)20(27)19-13(2)26(24-23-19)17-7-5-15(21)6-8-17/h3-8,11-12H,9-10H2,1-2H3. The summed E-state index contributed by atoms with van der Waals surface area (Å²) in [6.45, 7) is 4.16. The van der Waals surface area contributed by atoms with Crippen LogP contribution >= 0.6 is 0 Å². The molecule has 0 fully saturated rings. The smallest absolute Gasteiger partial charge is 0.276 e. The summed E-state index contributed by atoms with van der Waals surface area (Å²) in [4.78, 5) is 14.8. The van der Waals surface area contributed by atoms with Gasteiger partial charge in [-0.25, -0.2) is 13.5 Å². The molecule has 27 heavy (non-hydrogen) atoms. The summed E-state index contributed by atoms with van der Waals surface area (Å²) in [5.41, 5.74) is 3.31. The van der Waals surface area contributed by atoms with Gasteiger partial charge in [-0.2, -0.15) is 0 Å². The highest BCUT2D eigenvalue weighted by Crippen LogP contribution is 2.31. The van der Waals surface area contributed by atoms with E-state index in [2.05, 4.69) is 10.3 Å². The predicted octanol–water partition coefficient (Wildman–Crippen LogP) is 3.61. The van der Waals surface area contributed by atoms with Gasteiger partial charge in [-0.05, 0) is 67.8 Å². The largest absolute Gasteiger partial charge is 0.330 e. The predicted molar refractivity (Wildman–Crippen MR) is 95.6 cm³/mol. The molecule has 1 aliphatic heterocycles. The van der Waals surface area contributed by atoms with Crippen LogP contribution in [0.5, 0.6) is 0 Å². The van der Waals surface area contributed by atoms with Crippen LogP contribution in [0.15, 0.2) is 42.5 Å². The Morgan fingerprint density at radius 3 is 2.56 bits per heavy atom. The Morgan fingerprint density at radius 1 is 1.11 bits per heavy atom. The maximum atomic E-state index is 13.6. The van der Waals surface area contributed by atoms with Gasteiger partial charge in [-0.3, -0.25) is 4.79 Å². The average Bonchev–Trinajstić information content (AvgIpc) is 3.04. The fourth-order valence-corrected chi connectivity index (χ4v) is 3.55. The zero-order chi connectivity index (χ0) is 19.1. The lowest BCUT2D eigenvalue weighted by molar-refractivity contribution is 0.0670. The molecule has 2 heterocycles. The summed E-state index contributed by atoms with van der Waals surface area (Å²) in [5.74, 6) is -0.905. The number of amides is 1. The van der Waals surface area contributed by atoms with E-state index < -0.39 is 0 Å². The molecule has 7 heteroatoms. The van der Waals surface area contributed by atoms with Crippen molar-refractivity contribution in [2.45, 2.75) is 26.3 Å². The van der Waals surface area contributed by atoms with E-state index >= 15 is 0 Å². The summed E-state index contributed by atoms with van der Waals surface area (Å²) in [6, 6.07) is 10.3. The van der Waals surface area contributed by atoms with Gasteiger partial charge >= 0.3 is 0 Å². The van der Waals surface area contributed by atoms with Crippen LogP contribution in [0.3, 0.4) is 0 Å². The first-order valence-corrected chi connectivity index (χ1v) is 8.73. The molecular formula is C20H18F2N4O. The fourth-order valence-electron chi connectivity index (χ4n) is 3.55. The first-order chi connectivity index (χ1) is 13.0. The number of halogens is 2. The minimum atomic E-state index is -0.346. The maximum absolute atomic E-state index is 13.6. The van der Waals surface area contributed by atoms with E-state index in [1.165, 1.54) is 28.9 Å². The van der Waals surface area contributed by atoms with E-state index in [4.69, 9.17) is 0 Å². The lowest BCUT2D eigenvalue weighted by atomic mass is 9.93. The topological polar surface area (TPSA) is 51.0 Å². The van der Waals surface area contributed by atoms with Crippen LogP contribution in [0, 0.1) is 18.6 Å². The molecule has 4 rings (SSSR count). The molecule has 2 aromatic carbocycles. The van der Waals surface area contributed by atoms with E-state index in [-0.39, 0.29) is 29.3 Å². The zero-order valence-corrected chi connectivity index (χ0v) is 15.0. The molecular weight excluding hydrogens is 350 g/mol. The number of aromatic nitrogens is 3. The summed E-state index contributed by atoms with van der Waals surface area (Å²) in [5, 5.41) is 8.10. The Morgan fingerprint density at radius 2 is 1.81 bits per heavy atom. The average molecular weight is 368 g/mol. The molecule has 5 nitrogen and oxygen atoms in total. The molecule has 1 amide bonds. The summed E-state index contributed by atoms with van der Waals surface area (Å²) in [6.07, 6.45) is 0.664. The minimum absolute atomic E-state index is 0.242. The van der Waals surface area contributed by atoms with Crippen molar-refractivity contribution in [3.8, 4) is 5.69 Å². The van der Waals surface area contributed by atoms with Crippen molar-refractivity contribution in [3.05, 3.63) is 76.6 Å². The Kier molecular flexibility index (Phi) is 4.22. The molecule has 0 bridgehead atoms. The van der Waals surface area contributed by atoms with Gasteiger partial charge < -0.3 is 4.90 Å². The normalized spacial score (nSPS) is 16.3. The monoisotopic (exact) mass is 368 g/mol. The van der Waals surface area contributed by atoms with Gasteiger partial charge in [-0.15, -0.1) is 5.10 Å². The molecule has 3 aromatic rings. The van der Waals surface area contributed by atoms with Crippen molar-refractivity contribution in [2.24, 2.45) is 0 Å². The summed E-state index contributed by atoms with van der Waals surface area (Å²) in [7, 11) is 0. The highest BCUT2D eigenvalue weighted by atomic mass is 19.1. The maximum Gasteiger partial charge on any atom is 0.276 e. The zero-order valence-electron chi connectivity index (χ0n) is 15.0. The SMILES string of the molecule is Cc1c(C(=O)N2CCc3ccc(F)cc3C2C)nnn1-c1ccc(F)cc1. The second-order valence-corrected chi connectivity index (χ2v) is 6.68. The highest BCUT2D eigenvalue weighted by molar-refractivity contribution is 5.93. The molecule has 0 radical (unpaired) electrons. The number of fused-ring (bicyclic) bond motifs is 1. The molecule has 1 atom stereocenters. The molecule has 138 valence electrons. The van der Waals surface area contributed by atoms with Crippen LogP contribution in [0.25, 0.3) is 5.69 Å². The van der Waals surface area contributed by atoms with Crippen LogP contribution < -0.4 is 0 Å². The van der Waals surface area contributed by atoms with Crippen molar-refractivity contribution in [1.82, 2.24) is 19.9 Å². The van der Waals surface area contributed by atoms with Gasteiger partial charge in [0.1, 0.15) is 11.6 Å². The second kappa shape index (κ2) is 6.57. The van der Waals surface area contributed by atoms with Gasteiger partial charge in [0.05, 0.1) is 17.4 Å². The molecule has 0 N–H and O–H groups in total. The summed E-state index contributed by atoms with van der Waals surface area (Å²) >= 11 is 0. The first kappa shape index (κ1) is 17.3. The van der Waals surface area contributed by atoms with E-state index in [1.807, 2.05) is 6.92 Å². The number of carbonyl (C=O) groups excluding carboxylic acids is 1. The van der Waals surface area contributed by atoms with E-state index in [9.17, 15) is 13.6 Å². The minimum Gasteiger partial charge on any atom is -0.330 e. The van der Waals surface area contributed by atoms with Gasteiger partial charge in [0.15, 0.2) is 5.69 Å². The third kappa shape index (κ3) is 2.99. The number of benzene rings is 2. The number of nitrogens with zero attached hydrogens (tertiary/aromatic N) is 4. The highest BCUT2D eigenvalue weighted by Gasteiger charge is 2.31. The Balaban J connectivity index is 1.65. The Labute approximate surface area is 155 Å². The van der Waals surface area contributed by atoms with Crippen LogP contribution in [0.4, 0.5) is 8.78 Å². The molecule has 1 aliphatic rings. The Bertz CT molecular complexity index is 1010. The second-order valence-electron chi connectivity index (χ2n) is 6.68. The molecule has 0 saturated heterocycles. The van der Waals surface area contributed by atoms with E-state index in [1.54, 1.807) is 30.0 Å². The van der Waals surface area contributed by atoms with Crippen molar-refractivity contribution in [1.29, 1.82) is 0 Å². The molecule has 1 aromatic heterocycles. The molecule has 0 aliphatic carbocycles. The van der Waals surface area contributed by atoms with Gasteiger partial charge in [0, 0.05) is 6.54 Å². The lowest BCUT2D eigenvalue weighted by Gasteiger charge is -2.35. The van der Waals surface area contributed by atoms with Crippen LogP contribution in [0.2, 0.25) is 0 Å². The van der Waals surface area contributed by atoms with Crippen molar-refractivity contribution >= 4 is 5.91 Å². The van der Waals surface area contributed by atoms with E-state index in [0.717, 1.165) is 11.1 Å². The molecule has 0 spiro atoms. The number of rotatable bonds is 2. The van der Waals surface area contributed by atoms with Crippen molar-refractivity contribution in [3.63, 3.8) is 0 Å². The van der Waals surface area contributed by atoms with Crippen molar-refractivity contribution in [2.75, 3.05) is 6.54 Å². The molecule has 1 unspecified atom stereocenters. The van der Waals surface area contributed by atoms with Gasteiger partial charge in [0.2, 0.25) is 0 Å². The number of carbonyl (C=O) groups is 1. The van der Waals surface area contributed by atoms with Crippen LogP contribution in [-0.2, 0) is 6.42 Å². The molecule has 0 saturated carbocycles. The van der Waals surface area contributed by atoms with E-state index in [0.29, 0.717) is 24.3 Å². The third-order valence-electron chi connectivity index (χ3n) is 5.08. The van der Waals surface area contributed by atoms with Gasteiger partial charge in [0.25, 0.3) is 5.91 Å². The van der Waals surface area contributed by atoms with Crippen LogP contribution in [-0.4, -0.2) is 32.3 Å². The Hall–Kier alpha value is -3.09. The first-order valence-electron chi connectivity index (χ1n) is 8.73. The quantitative estimate of drug-likeness (QED) is 0.694. The number of hydrogen-bond donors (Lipinski definition) is 0. The van der Waals surface area contributed by atoms with Crippen molar-refractivity contribution < 1.29 is 13.6 Å². The lowest BCUT2D eigenvalue weighted by Crippen LogP contribution is -2.39.